The van der Waals surface area contributed by atoms with Crippen LogP contribution in [-0.2, 0) is 11.3 Å². The number of alkyl halides is 2. The maximum atomic E-state index is 13.2. The van der Waals surface area contributed by atoms with E-state index in [1.54, 1.807) is 29.2 Å². The first-order valence-corrected chi connectivity index (χ1v) is 11.4. The van der Waals surface area contributed by atoms with E-state index in [9.17, 15) is 13.6 Å². The number of rotatable bonds is 7. The van der Waals surface area contributed by atoms with E-state index in [2.05, 4.69) is 29.7 Å². The van der Waals surface area contributed by atoms with E-state index in [0.717, 1.165) is 11.3 Å². The molecular weight excluding hydrogens is 468 g/mol. The molecule has 4 aromatic rings. The number of hydrogen-bond acceptors (Lipinski definition) is 7. The lowest BCUT2D eigenvalue weighted by molar-refractivity contribution is -0.132. The van der Waals surface area contributed by atoms with Crippen molar-refractivity contribution in [2.75, 3.05) is 31.1 Å². The lowest BCUT2D eigenvalue weighted by Gasteiger charge is -2.34. The number of pyridine rings is 1. The molecule has 0 aliphatic carbocycles. The van der Waals surface area contributed by atoms with Crippen molar-refractivity contribution in [3.05, 3.63) is 73.2 Å². The van der Waals surface area contributed by atoms with Crippen molar-refractivity contribution in [3.8, 4) is 28.4 Å². The maximum absolute atomic E-state index is 13.2. The van der Waals surface area contributed by atoms with Crippen molar-refractivity contribution in [1.82, 2.24) is 29.6 Å². The van der Waals surface area contributed by atoms with Crippen molar-refractivity contribution < 1.29 is 18.3 Å². The molecule has 5 rings (SSSR count). The number of aromatic nitrogens is 5. The Morgan fingerprint density at radius 3 is 2.33 bits per heavy atom. The summed E-state index contributed by atoms with van der Waals surface area (Å²) >= 11 is 0. The zero-order valence-corrected chi connectivity index (χ0v) is 19.2. The van der Waals surface area contributed by atoms with E-state index in [4.69, 9.17) is 0 Å². The number of benzene rings is 1. The van der Waals surface area contributed by atoms with Gasteiger partial charge in [-0.2, -0.15) is 13.9 Å². The number of nitrogens with zero attached hydrogens (tertiary/aromatic N) is 7. The van der Waals surface area contributed by atoms with Gasteiger partial charge in [0.1, 0.15) is 18.0 Å². The Morgan fingerprint density at radius 1 is 0.917 bits per heavy atom. The largest absolute Gasteiger partial charge is 0.433 e. The second kappa shape index (κ2) is 10.5. The summed E-state index contributed by atoms with van der Waals surface area (Å²) in [7, 11) is 0. The number of amides is 1. The summed E-state index contributed by atoms with van der Waals surface area (Å²) in [6, 6.07) is 16.2. The average Bonchev–Trinajstić information content (AvgIpc) is 3.33. The van der Waals surface area contributed by atoms with Crippen LogP contribution in [0.25, 0.3) is 22.6 Å². The first kappa shape index (κ1) is 23.3. The molecule has 0 saturated carbocycles. The van der Waals surface area contributed by atoms with Gasteiger partial charge in [0.25, 0.3) is 0 Å². The Hall–Kier alpha value is -4.41. The Morgan fingerprint density at radius 2 is 1.67 bits per heavy atom. The molecule has 1 amide bonds. The third-order valence-corrected chi connectivity index (χ3v) is 5.83. The normalized spacial score (nSPS) is 13.8. The van der Waals surface area contributed by atoms with E-state index in [1.807, 2.05) is 41.3 Å². The minimum Gasteiger partial charge on any atom is -0.433 e. The van der Waals surface area contributed by atoms with Crippen LogP contribution in [-0.4, -0.2) is 68.3 Å². The molecule has 11 heteroatoms. The van der Waals surface area contributed by atoms with Crippen LogP contribution >= 0.6 is 0 Å². The molecule has 1 aromatic carbocycles. The van der Waals surface area contributed by atoms with Gasteiger partial charge < -0.3 is 14.5 Å². The fourth-order valence-electron chi connectivity index (χ4n) is 4.05. The van der Waals surface area contributed by atoms with E-state index >= 15 is 0 Å². The molecule has 0 N–H and O–H groups in total. The summed E-state index contributed by atoms with van der Waals surface area (Å²) in [5.41, 5.74) is 2.66. The molecule has 3 aromatic heterocycles. The fraction of sp³-hybridized carbons (Fsp3) is 0.240. The molecule has 4 heterocycles. The van der Waals surface area contributed by atoms with Crippen LogP contribution in [0, 0.1) is 0 Å². The molecule has 0 bridgehead atoms. The van der Waals surface area contributed by atoms with Gasteiger partial charge in [-0.1, -0.05) is 30.3 Å². The first-order valence-electron chi connectivity index (χ1n) is 11.4. The second-order valence-electron chi connectivity index (χ2n) is 8.11. The lowest BCUT2D eigenvalue weighted by Crippen LogP contribution is -2.50. The Labute approximate surface area is 206 Å². The van der Waals surface area contributed by atoms with E-state index in [0.29, 0.717) is 43.5 Å². The highest BCUT2D eigenvalue weighted by molar-refractivity contribution is 5.78. The van der Waals surface area contributed by atoms with E-state index in [-0.39, 0.29) is 18.2 Å². The quantitative estimate of drug-likeness (QED) is 0.392. The Balaban J connectivity index is 1.34. The molecule has 0 atom stereocenters. The van der Waals surface area contributed by atoms with Crippen molar-refractivity contribution in [1.29, 1.82) is 0 Å². The zero-order chi connectivity index (χ0) is 24.9. The average molecular weight is 492 g/mol. The van der Waals surface area contributed by atoms with Gasteiger partial charge in [0.2, 0.25) is 11.9 Å². The van der Waals surface area contributed by atoms with Gasteiger partial charge in [0.05, 0.1) is 17.6 Å². The summed E-state index contributed by atoms with van der Waals surface area (Å²) in [5, 5.41) is 4.63. The number of hydrogen-bond donors (Lipinski definition) is 0. The molecule has 1 fully saturated rings. The van der Waals surface area contributed by atoms with Crippen LogP contribution in [0.3, 0.4) is 0 Å². The number of halogens is 2. The standard InChI is InChI=1S/C25H23F2N7O2/c26-24(27)36-19-7-8-20(30-16-19)21-15-22(18-5-2-1-3-6-18)34(31-21)17-23(35)32-11-13-33(14-12-32)25-28-9-4-10-29-25/h1-10,15-16,24H,11-14,17H2. The minimum atomic E-state index is -2.92. The van der Waals surface area contributed by atoms with Crippen molar-refractivity contribution in [2.24, 2.45) is 0 Å². The summed E-state index contributed by atoms with van der Waals surface area (Å²) in [4.78, 5) is 29.8. The topological polar surface area (TPSA) is 89.3 Å². The van der Waals surface area contributed by atoms with Gasteiger partial charge in [-0.3, -0.25) is 14.5 Å². The molecule has 9 nitrogen and oxygen atoms in total. The number of piperazine rings is 1. The highest BCUT2D eigenvalue weighted by atomic mass is 19.3. The molecule has 1 saturated heterocycles. The van der Waals surface area contributed by atoms with Crippen molar-refractivity contribution in [3.63, 3.8) is 0 Å². The van der Waals surface area contributed by atoms with Crippen LogP contribution in [0.2, 0.25) is 0 Å². The number of anilines is 1. The highest BCUT2D eigenvalue weighted by Gasteiger charge is 2.24. The van der Waals surface area contributed by atoms with Gasteiger partial charge in [-0.25, -0.2) is 9.97 Å². The molecular formula is C25H23F2N7O2. The smallest absolute Gasteiger partial charge is 0.387 e. The van der Waals surface area contributed by atoms with Gasteiger partial charge in [-0.05, 0) is 29.8 Å². The van der Waals surface area contributed by atoms with Crippen molar-refractivity contribution in [2.45, 2.75) is 13.2 Å². The predicted molar refractivity (Wildman–Crippen MR) is 128 cm³/mol. The molecule has 1 aliphatic rings. The maximum Gasteiger partial charge on any atom is 0.387 e. The lowest BCUT2D eigenvalue weighted by atomic mass is 10.1. The number of carbonyl (C=O) groups is 1. The third-order valence-electron chi connectivity index (χ3n) is 5.83. The molecule has 0 spiro atoms. The summed E-state index contributed by atoms with van der Waals surface area (Å²) < 4.78 is 31.0. The molecule has 1 aliphatic heterocycles. The van der Waals surface area contributed by atoms with Crippen LogP contribution in [0.4, 0.5) is 14.7 Å². The van der Waals surface area contributed by atoms with Crippen LogP contribution in [0.1, 0.15) is 0 Å². The van der Waals surface area contributed by atoms with Gasteiger partial charge >= 0.3 is 6.61 Å². The third kappa shape index (κ3) is 5.29. The van der Waals surface area contributed by atoms with Crippen LogP contribution in [0.15, 0.2) is 73.2 Å². The summed E-state index contributed by atoms with van der Waals surface area (Å²) in [5.74, 6) is 0.570. The Bertz CT molecular complexity index is 1290. The van der Waals surface area contributed by atoms with Crippen LogP contribution in [0.5, 0.6) is 5.75 Å². The second-order valence-corrected chi connectivity index (χ2v) is 8.11. The van der Waals surface area contributed by atoms with E-state index in [1.165, 1.54) is 12.3 Å². The Kier molecular flexibility index (Phi) is 6.78. The van der Waals surface area contributed by atoms with Crippen LogP contribution < -0.4 is 9.64 Å². The highest BCUT2D eigenvalue weighted by Crippen LogP contribution is 2.26. The fourth-order valence-corrected chi connectivity index (χ4v) is 4.05. The molecule has 184 valence electrons. The zero-order valence-electron chi connectivity index (χ0n) is 19.2. The molecule has 0 unspecified atom stereocenters. The van der Waals surface area contributed by atoms with E-state index < -0.39 is 6.61 Å². The summed E-state index contributed by atoms with van der Waals surface area (Å²) in [6.45, 7) is -0.475. The van der Waals surface area contributed by atoms with Gasteiger partial charge in [-0.15, -0.1) is 0 Å². The SMILES string of the molecule is O=C(Cn1nc(-c2ccc(OC(F)F)cn2)cc1-c1ccccc1)N1CCN(c2ncccn2)CC1. The summed E-state index contributed by atoms with van der Waals surface area (Å²) in [6.07, 6.45) is 4.63. The predicted octanol–water partition coefficient (Wildman–Crippen LogP) is 3.35. The van der Waals surface area contributed by atoms with Gasteiger partial charge in [0, 0.05) is 38.6 Å². The monoisotopic (exact) mass is 491 g/mol. The minimum absolute atomic E-state index is 0.0355. The van der Waals surface area contributed by atoms with Gasteiger partial charge in [0.15, 0.2) is 0 Å². The first-order chi connectivity index (χ1) is 17.6. The van der Waals surface area contributed by atoms with Crippen molar-refractivity contribution >= 4 is 11.9 Å². The number of ether oxygens (including phenoxy) is 1. The molecule has 0 radical (unpaired) electrons. The molecule has 36 heavy (non-hydrogen) atoms. The number of carbonyl (C=O) groups excluding carboxylic acids is 1.